The molecule has 3 nitrogen and oxygen atoms in total. The Morgan fingerprint density at radius 3 is 2.10 bits per heavy atom. The Kier molecular flexibility index (Phi) is 6.97. The maximum Gasteiger partial charge on any atom is 0.0602 e. The van der Waals surface area contributed by atoms with Crippen LogP contribution in [0.15, 0.2) is 0 Å². The number of methoxy groups -OCH3 is 1. The van der Waals surface area contributed by atoms with Gasteiger partial charge in [-0.15, -0.1) is 0 Å². The van der Waals surface area contributed by atoms with Crippen LogP contribution in [0.5, 0.6) is 0 Å². The van der Waals surface area contributed by atoms with Crippen LogP contribution in [-0.2, 0) is 14.2 Å². The molecule has 0 spiro atoms. The van der Waals surface area contributed by atoms with Crippen LogP contribution in [0, 0.1) is 11.8 Å². The molecule has 0 amide bonds. The van der Waals surface area contributed by atoms with Crippen molar-refractivity contribution in [1.29, 1.82) is 0 Å². The van der Waals surface area contributed by atoms with Crippen LogP contribution in [0.25, 0.3) is 0 Å². The monoisotopic (exact) mass is 298 g/mol. The summed E-state index contributed by atoms with van der Waals surface area (Å²) in [5.74, 6) is 1.48. The van der Waals surface area contributed by atoms with E-state index in [0.29, 0.717) is 24.4 Å². The standard InChI is InChI=1S/C18H34O3/c1-13(2)21-16-7-5-15(6-8-16)20-12-11-14(3)17-9-10-18(17)19-4/h13-18H,5-12H2,1-4H3. The summed E-state index contributed by atoms with van der Waals surface area (Å²) in [7, 11) is 1.84. The van der Waals surface area contributed by atoms with Crippen molar-refractivity contribution in [2.45, 2.75) is 90.1 Å². The fourth-order valence-corrected chi connectivity index (χ4v) is 3.79. The zero-order valence-electron chi connectivity index (χ0n) is 14.3. The molecule has 0 aromatic heterocycles. The number of hydrogen-bond donors (Lipinski definition) is 0. The van der Waals surface area contributed by atoms with Gasteiger partial charge >= 0.3 is 0 Å². The van der Waals surface area contributed by atoms with Crippen LogP contribution in [0.1, 0.15) is 65.7 Å². The fraction of sp³-hybridized carbons (Fsp3) is 1.00. The normalized spacial score (nSPS) is 34.7. The SMILES string of the molecule is COC1CCC1C(C)CCOC1CCC(OC(C)C)CC1. The highest BCUT2D eigenvalue weighted by atomic mass is 16.5. The van der Waals surface area contributed by atoms with Gasteiger partial charge in [-0.3, -0.25) is 0 Å². The highest BCUT2D eigenvalue weighted by Crippen LogP contribution is 2.37. The average molecular weight is 298 g/mol. The molecule has 0 aromatic carbocycles. The molecule has 0 radical (unpaired) electrons. The van der Waals surface area contributed by atoms with Crippen LogP contribution >= 0.6 is 0 Å². The van der Waals surface area contributed by atoms with Gasteiger partial charge in [0.15, 0.2) is 0 Å². The van der Waals surface area contributed by atoms with E-state index in [0.717, 1.165) is 44.1 Å². The number of hydrogen-bond acceptors (Lipinski definition) is 3. The van der Waals surface area contributed by atoms with Gasteiger partial charge in [-0.05, 0) is 70.6 Å². The van der Waals surface area contributed by atoms with Crippen LogP contribution < -0.4 is 0 Å². The predicted octanol–water partition coefficient (Wildman–Crippen LogP) is 4.19. The predicted molar refractivity (Wildman–Crippen MR) is 85.5 cm³/mol. The minimum atomic E-state index is 0.351. The first-order valence-corrected chi connectivity index (χ1v) is 8.90. The Bertz CT molecular complexity index is 282. The lowest BCUT2D eigenvalue weighted by Crippen LogP contribution is -2.38. The van der Waals surface area contributed by atoms with Gasteiger partial charge in [0.25, 0.3) is 0 Å². The van der Waals surface area contributed by atoms with Crippen LogP contribution in [0.4, 0.5) is 0 Å². The summed E-state index contributed by atoms with van der Waals surface area (Å²) in [6, 6.07) is 0. The Morgan fingerprint density at radius 1 is 0.905 bits per heavy atom. The van der Waals surface area contributed by atoms with Crippen molar-refractivity contribution in [1.82, 2.24) is 0 Å². The van der Waals surface area contributed by atoms with Crippen molar-refractivity contribution >= 4 is 0 Å². The third kappa shape index (κ3) is 5.22. The first-order valence-electron chi connectivity index (χ1n) is 8.90. The van der Waals surface area contributed by atoms with E-state index in [4.69, 9.17) is 14.2 Å². The van der Waals surface area contributed by atoms with Crippen LogP contribution in [0.2, 0.25) is 0 Å². The van der Waals surface area contributed by atoms with Crippen molar-refractivity contribution in [3.63, 3.8) is 0 Å². The first kappa shape index (κ1) is 17.2. The van der Waals surface area contributed by atoms with Crippen molar-refractivity contribution in [3.05, 3.63) is 0 Å². The van der Waals surface area contributed by atoms with Gasteiger partial charge in [0.05, 0.1) is 24.4 Å². The third-order valence-electron chi connectivity index (χ3n) is 5.31. The lowest BCUT2D eigenvalue weighted by atomic mass is 9.73. The van der Waals surface area contributed by atoms with Gasteiger partial charge < -0.3 is 14.2 Å². The van der Waals surface area contributed by atoms with Gasteiger partial charge in [0.1, 0.15) is 0 Å². The Labute approximate surface area is 130 Å². The molecular formula is C18H34O3. The van der Waals surface area contributed by atoms with E-state index < -0.39 is 0 Å². The first-order chi connectivity index (χ1) is 10.1. The Morgan fingerprint density at radius 2 is 1.57 bits per heavy atom. The van der Waals surface area contributed by atoms with E-state index in [-0.39, 0.29) is 0 Å². The molecule has 0 saturated heterocycles. The summed E-state index contributed by atoms with van der Waals surface area (Å²) in [5.41, 5.74) is 0. The van der Waals surface area contributed by atoms with E-state index in [1.807, 2.05) is 7.11 Å². The minimum Gasteiger partial charge on any atom is -0.381 e. The lowest BCUT2D eigenvalue weighted by Gasteiger charge is -2.39. The molecule has 21 heavy (non-hydrogen) atoms. The average Bonchev–Trinajstić information content (AvgIpc) is 2.39. The van der Waals surface area contributed by atoms with Crippen LogP contribution in [-0.4, -0.2) is 38.1 Å². The molecule has 0 aliphatic heterocycles. The summed E-state index contributed by atoms with van der Waals surface area (Å²) >= 11 is 0. The topological polar surface area (TPSA) is 27.7 Å². The third-order valence-corrected chi connectivity index (χ3v) is 5.31. The molecule has 0 heterocycles. The summed E-state index contributed by atoms with van der Waals surface area (Å²) in [4.78, 5) is 0. The molecule has 3 atom stereocenters. The molecule has 124 valence electrons. The summed E-state index contributed by atoms with van der Waals surface area (Å²) in [6.07, 6.45) is 10.2. The zero-order valence-corrected chi connectivity index (χ0v) is 14.3. The second-order valence-corrected chi connectivity index (χ2v) is 7.24. The van der Waals surface area contributed by atoms with Gasteiger partial charge in [-0.25, -0.2) is 0 Å². The maximum absolute atomic E-state index is 6.10. The largest absolute Gasteiger partial charge is 0.381 e. The van der Waals surface area contributed by atoms with Gasteiger partial charge in [-0.2, -0.15) is 0 Å². The number of rotatable bonds is 8. The number of ether oxygens (including phenoxy) is 3. The Hall–Kier alpha value is -0.120. The molecular weight excluding hydrogens is 264 g/mol. The minimum absolute atomic E-state index is 0.351. The molecule has 0 N–H and O–H groups in total. The lowest BCUT2D eigenvalue weighted by molar-refractivity contribution is -0.0642. The van der Waals surface area contributed by atoms with Crippen molar-refractivity contribution in [2.75, 3.05) is 13.7 Å². The highest BCUT2D eigenvalue weighted by molar-refractivity contribution is 4.85. The van der Waals surface area contributed by atoms with Crippen molar-refractivity contribution in [2.24, 2.45) is 11.8 Å². The quantitative estimate of drug-likeness (QED) is 0.672. The van der Waals surface area contributed by atoms with Gasteiger partial charge in [0.2, 0.25) is 0 Å². The smallest absolute Gasteiger partial charge is 0.0602 e. The molecule has 2 aliphatic carbocycles. The summed E-state index contributed by atoms with van der Waals surface area (Å²) in [6.45, 7) is 7.51. The fourth-order valence-electron chi connectivity index (χ4n) is 3.79. The van der Waals surface area contributed by atoms with E-state index >= 15 is 0 Å². The van der Waals surface area contributed by atoms with E-state index in [9.17, 15) is 0 Å². The molecule has 0 aromatic rings. The van der Waals surface area contributed by atoms with Crippen molar-refractivity contribution in [3.8, 4) is 0 Å². The zero-order chi connectivity index (χ0) is 15.2. The van der Waals surface area contributed by atoms with Crippen molar-refractivity contribution < 1.29 is 14.2 Å². The molecule has 2 saturated carbocycles. The summed E-state index contributed by atoms with van der Waals surface area (Å²) in [5, 5.41) is 0. The second-order valence-electron chi connectivity index (χ2n) is 7.24. The van der Waals surface area contributed by atoms with Gasteiger partial charge in [-0.1, -0.05) is 6.92 Å². The van der Waals surface area contributed by atoms with Gasteiger partial charge in [0, 0.05) is 13.7 Å². The van der Waals surface area contributed by atoms with E-state index in [1.165, 1.54) is 19.3 Å². The second kappa shape index (κ2) is 8.50. The molecule has 2 fully saturated rings. The molecule has 2 rings (SSSR count). The van der Waals surface area contributed by atoms with E-state index in [1.54, 1.807) is 0 Å². The highest BCUT2D eigenvalue weighted by Gasteiger charge is 2.34. The molecule has 3 unspecified atom stereocenters. The molecule has 0 bridgehead atoms. The van der Waals surface area contributed by atoms with E-state index in [2.05, 4.69) is 20.8 Å². The maximum atomic E-state index is 6.10. The van der Waals surface area contributed by atoms with Crippen LogP contribution in [0.3, 0.4) is 0 Å². The molecule has 3 heteroatoms. The molecule has 2 aliphatic rings. The Balaban J connectivity index is 1.55. The summed E-state index contributed by atoms with van der Waals surface area (Å²) < 4.78 is 17.5.